The zero-order valence-corrected chi connectivity index (χ0v) is 9.72. The quantitative estimate of drug-likeness (QED) is 0.753. The van der Waals surface area contributed by atoms with E-state index in [1.54, 1.807) is 12.1 Å². The predicted octanol–water partition coefficient (Wildman–Crippen LogP) is 1.33. The van der Waals surface area contributed by atoms with Crippen LogP contribution in [0.25, 0.3) is 0 Å². The maximum atomic E-state index is 10.6. The van der Waals surface area contributed by atoms with Crippen LogP contribution in [0.3, 0.4) is 0 Å². The van der Waals surface area contributed by atoms with Gasteiger partial charge >= 0.3 is 5.97 Å². The smallest absolute Gasteiger partial charge is 0.335 e. The second-order valence-corrected chi connectivity index (χ2v) is 3.62. The molecular formula is C13H15NO3. The first-order chi connectivity index (χ1) is 8.13. The molecule has 4 heteroatoms. The third-order valence-electron chi connectivity index (χ3n) is 2.20. The molecule has 4 nitrogen and oxygen atoms in total. The average Bonchev–Trinajstić information content (AvgIpc) is 2.30. The van der Waals surface area contributed by atoms with Crippen molar-refractivity contribution in [3.63, 3.8) is 0 Å². The summed E-state index contributed by atoms with van der Waals surface area (Å²) in [5.41, 5.74) is 0.252. The van der Waals surface area contributed by atoms with Crippen molar-refractivity contribution in [1.82, 2.24) is 4.90 Å². The van der Waals surface area contributed by atoms with E-state index in [4.69, 9.17) is 16.3 Å². The zero-order chi connectivity index (χ0) is 12.7. The highest BCUT2D eigenvalue weighted by atomic mass is 16.5. The van der Waals surface area contributed by atoms with E-state index in [2.05, 4.69) is 5.92 Å². The van der Waals surface area contributed by atoms with Gasteiger partial charge in [-0.05, 0) is 31.3 Å². The fourth-order valence-electron chi connectivity index (χ4n) is 1.25. The maximum Gasteiger partial charge on any atom is 0.335 e. The number of rotatable bonds is 6. The number of carboxylic acid groups (broad SMARTS) is 1. The van der Waals surface area contributed by atoms with Crippen molar-refractivity contribution in [2.24, 2.45) is 0 Å². The van der Waals surface area contributed by atoms with Crippen LogP contribution in [0.4, 0.5) is 0 Å². The topological polar surface area (TPSA) is 49.8 Å². The van der Waals surface area contributed by atoms with Crippen molar-refractivity contribution in [2.45, 2.75) is 0 Å². The van der Waals surface area contributed by atoms with Gasteiger partial charge in [-0.3, -0.25) is 4.90 Å². The summed E-state index contributed by atoms with van der Waals surface area (Å²) in [7, 11) is 1.91. The van der Waals surface area contributed by atoms with Crippen LogP contribution >= 0.6 is 0 Å². The summed E-state index contributed by atoms with van der Waals surface area (Å²) >= 11 is 0. The van der Waals surface area contributed by atoms with Gasteiger partial charge in [0.15, 0.2) is 0 Å². The third-order valence-corrected chi connectivity index (χ3v) is 2.20. The lowest BCUT2D eigenvalue weighted by Gasteiger charge is -2.13. The Labute approximate surface area is 101 Å². The summed E-state index contributed by atoms with van der Waals surface area (Å²) in [6.45, 7) is 1.83. The lowest BCUT2D eigenvalue weighted by Crippen LogP contribution is -2.24. The van der Waals surface area contributed by atoms with Crippen molar-refractivity contribution in [1.29, 1.82) is 0 Å². The molecule has 0 aliphatic heterocycles. The van der Waals surface area contributed by atoms with Crippen molar-refractivity contribution in [2.75, 3.05) is 26.7 Å². The van der Waals surface area contributed by atoms with Gasteiger partial charge in [0.05, 0.1) is 12.1 Å². The van der Waals surface area contributed by atoms with Crippen LogP contribution in [-0.4, -0.2) is 42.7 Å². The molecule has 0 aliphatic carbocycles. The Morgan fingerprint density at radius 3 is 2.65 bits per heavy atom. The van der Waals surface area contributed by atoms with Crippen LogP contribution in [-0.2, 0) is 0 Å². The van der Waals surface area contributed by atoms with Gasteiger partial charge in [-0.2, -0.15) is 0 Å². The molecule has 0 bridgehead atoms. The number of benzene rings is 1. The molecule has 17 heavy (non-hydrogen) atoms. The fraction of sp³-hybridized carbons (Fsp3) is 0.308. The molecule has 1 aromatic rings. The minimum atomic E-state index is -0.940. The van der Waals surface area contributed by atoms with Gasteiger partial charge in [0.2, 0.25) is 0 Å². The molecule has 1 rings (SSSR count). The van der Waals surface area contributed by atoms with Crippen LogP contribution in [0.2, 0.25) is 0 Å². The lowest BCUT2D eigenvalue weighted by molar-refractivity contribution is 0.0697. The second kappa shape index (κ2) is 6.56. The van der Waals surface area contributed by atoms with Gasteiger partial charge in [0.1, 0.15) is 12.4 Å². The molecule has 0 saturated heterocycles. The third kappa shape index (κ3) is 4.58. The Kier molecular flexibility index (Phi) is 5.05. The Morgan fingerprint density at radius 1 is 1.47 bits per heavy atom. The molecule has 0 aliphatic rings. The number of likely N-dealkylation sites (N-methyl/N-ethyl adjacent to an activating group) is 1. The highest BCUT2D eigenvalue weighted by molar-refractivity contribution is 5.87. The first-order valence-corrected chi connectivity index (χ1v) is 5.21. The number of hydrogen-bond acceptors (Lipinski definition) is 3. The summed E-state index contributed by atoms with van der Waals surface area (Å²) in [4.78, 5) is 12.6. The maximum absolute atomic E-state index is 10.6. The van der Waals surface area contributed by atoms with Gasteiger partial charge in [-0.15, -0.1) is 6.42 Å². The molecule has 0 atom stereocenters. The number of ether oxygens (including phenoxy) is 1. The van der Waals surface area contributed by atoms with Gasteiger partial charge in [-0.25, -0.2) is 4.79 Å². The van der Waals surface area contributed by atoms with Gasteiger partial charge in [-0.1, -0.05) is 5.92 Å². The molecular weight excluding hydrogens is 218 g/mol. The Morgan fingerprint density at radius 2 is 2.12 bits per heavy atom. The van der Waals surface area contributed by atoms with E-state index in [0.29, 0.717) is 18.9 Å². The molecule has 0 unspecified atom stereocenters. The summed E-state index contributed by atoms with van der Waals surface area (Å²) in [6.07, 6.45) is 5.17. The van der Waals surface area contributed by atoms with Crippen LogP contribution < -0.4 is 4.74 Å². The number of nitrogens with zero attached hydrogens (tertiary/aromatic N) is 1. The Hall–Kier alpha value is -1.99. The van der Waals surface area contributed by atoms with E-state index >= 15 is 0 Å². The zero-order valence-electron chi connectivity index (χ0n) is 9.72. The Balaban J connectivity index is 2.38. The summed E-state index contributed by atoms with van der Waals surface area (Å²) < 4.78 is 5.45. The molecule has 0 heterocycles. The van der Waals surface area contributed by atoms with Crippen LogP contribution in [0.1, 0.15) is 10.4 Å². The SMILES string of the molecule is C#CCN(C)CCOc1ccc(C(=O)O)cc1. The van der Waals surface area contributed by atoms with Crippen molar-refractivity contribution in [3.8, 4) is 18.1 Å². The van der Waals surface area contributed by atoms with Crippen LogP contribution in [0.15, 0.2) is 24.3 Å². The monoisotopic (exact) mass is 233 g/mol. The molecule has 90 valence electrons. The standard InChI is InChI=1S/C13H15NO3/c1-3-8-14(2)9-10-17-12-6-4-11(5-7-12)13(15)16/h1,4-7H,8-10H2,2H3,(H,15,16). The normalized spacial score (nSPS) is 9.94. The van der Waals surface area contributed by atoms with Crippen molar-refractivity contribution in [3.05, 3.63) is 29.8 Å². The van der Waals surface area contributed by atoms with Gasteiger partial charge in [0, 0.05) is 6.54 Å². The summed E-state index contributed by atoms with van der Waals surface area (Å²) in [6, 6.07) is 6.32. The van der Waals surface area contributed by atoms with E-state index in [9.17, 15) is 4.79 Å². The fourth-order valence-corrected chi connectivity index (χ4v) is 1.25. The van der Waals surface area contributed by atoms with Gasteiger partial charge in [0.25, 0.3) is 0 Å². The van der Waals surface area contributed by atoms with Crippen LogP contribution in [0.5, 0.6) is 5.75 Å². The first kappa shape index (κ1) is 13.1. The van der Waals surface area contributed by atoms with E-state index in [0.717, 1.165) is 6.54 Å². The number of aromatic carboxylic acids is 1. The Bertz CT molecular complexity index is 406. The van der Waals surface area contributed by atoms with Gasteiger partial charge < -0.3 is 9.84 Å². The minimum Gasteiger partial charge on any atom is -0.492 e. The molecule has 0 saturated carbocycles. The highest BCUT2D eigenvalue weighted by Crippen LogP contribution is 2.11. The summed E-state index contributed by atoms with van der Waals surface area (Å²) in [5, 5.41) is 8.72. The molecule has 0 aromatic heterocycles. The minimum absolute atomic E-state index is 0.252. The number of carboxylic acids is 1. The molecule has 1 N–H and O–H groups in total. The van der Waals surface area contributed by atoms with E-state index in [-0.39, 0.29) is 5.56 Å². The molecule has 0 spiro atoms. The largest absolute Gasteiger partial charge is 0.492 e. The molecule has 1 aromatic carbocycles. The second-order valence-electron chi connectivity index (χ2n) is 3.62. The molecule has 0 fully saturated rings. The predicted molar refractivity (Wildman–Crippen MR) is 65.2 cm³/mol. The van der Waals surface area contributed by atoms with Crippen molar-refractivity contribution < 1.29 is 14.6 Å². The molecule has 0 amide bonds. The van der Waals surface area contributed by atoms with E-state index in [1.807, 2.05) is 11.9 Å². The number of carbonyl (C=O) groups is 1. The highest BCUT2D eigenvalue weighted by Gasteiger charge is 2.02. The summed E-state index contributed by atoms with van der Waals surface area (Å²) in [5.74, 6) is 2.26. The van der Waals surface area contributed by atoms with E-state index in [1.165, 1.54) is 12.1 Å². The van der Waals surface area contributed by atoms with E-state index < -0.39 is 5.97 Å². The first-order valence-electron chi connectivity index (χ1n) is 5.21. The lowest BCUT2D eigenvalue weighted by atomic mass is 10.2. The van der Waals surface area contributed by atoms with Crippen LogP contribution in [0, 0.1) is 12.3 Å². The average molecular weight is 233 g/mol. The number of terminal acetylenes is 1. The van der Waals surface area contributed by atoms with Crippen molar-refractivity contribution >= 4 is 5.97 Å². The molecule has 0 radical (unpaired) electrons. The number of hydrogen-bond donors (Lipinski definition) is 1.